The average molecular weight is 456 g/mol. The van der Waals surface area contributed by atoms with E-state index in [9.17, 15) is 14.7 Å². The Morgan fingerprint density at radius 2 is 1.67 bits per heavy atom. The molecular weight excluding hydrogens is 418 g/mol. The Bertz CT molecular complexity index is 822. The Hall–Kier alpha value is -2.70. The van der Waals surface area contributed by atoms with Crippen LogP contribution < -0.4 is 10.1 Å². The van der Waals surface area contributed by atoms with Crippen molar-refractivity contribution in [3.05, 3.63) is 65.7 Å². The minimum absolute atomic E-state index is 0.0468. The zero-order valence-corrected chi connectivity index (χ0v) is 19.8. The number of carbonyl (C=O) groups is 2. The number of hydrogen-bond acceptors (Lipinski definition) is 5. The topological polar surface area (TPSA) is 84.9 Å². The van der Waals surface area contributed by atoms with Crippen LogP contribution in [0.3, 0.4) is 0 Å². The Balaban J connectivity index is 1.97. The zero-order chi connectivity index (χ0) is 23.9. The molecule has 6 nitrogen and oxygen atoms in total. The minimum atomic E-state index is -0.978. The van der Waals surface area contributed by atoms with Gasteiger partial charge in [-0.1, -0.05) is 68.7 Å². The number of Topliss-reactive ketones (excluding diaryl/α,β-unsaturated/α-hetero) is 1. The molecule has 0 saturated carbocycles. The highest BCUT2D eigenvalue weighted by Crippen LogP contribution is 2.17. The molecule has 2 aromatic carbocycles. The molecule has 2 atom stereocenters. The number of carboxylic acids is 1. The van der Waals surface area contributed by atoms with Gasteiger partial charge >= 0.3 is 5.97 Å². The first-order valence-electron chi connectivity index (χ1n) is 11.9. The van der Waals surface area contributed by atoms with E-state index in [4.69, 9.17) is 9.47 Å². The molecule has 33 heavy (non-hydrogen) atoms. The number of nitrogens with one attached hydrogen (secondary N) is 1. The van der Waals surface area contributed by atoms with Gasteiger partial charge in [0.15, 0.2) is 11.9 Å². The Kier molecular flexibility index (Phi) is 12.2. The predicted octanol–water partition coefficient (Wildman–Crippen LogP) is 4.80. The number of aliphatic carboxylic acids is 1. The van der Waals surface area contributed by atoms with Gasteiger partial charge in [-0.3, -0.25) is 10.1 Å². The first-order chi connectivity index (χ1) is 16.0. The van der Waals surface area contributed by atoms with Gasteiger partial charge in [0.2, 0.25) is 6.23 Å². The van der Waals surface area contributed by atoms with Crippen LogP contribution >= 0.6 is 0 Å². The maximum atomic E-state index is 12.8. The van der Waals surface area contributed by atoms with Crippen molar-refractivity contribution in [3.8, 4) is 5.75 Å². The fourth-order valence-corrected chi connectivity index (χ4v) is 3.54. The predicted molar refractivity (Wildman–Crippen MR) is 130 cm³/mol. The first-order valence-corrected chi connectivity index (χ1v) is 11.9. The summed E-state index contributed by atoms with van der Waals surface area (Å²) in [6.45, 7) is 4.89. The van der Waals surface area contributed by atoms with Gasteiger partial charge in [0, 0.05) is 26.0 Å². The molecule has 0 saturated heterocycles. The molecule has 0 amide bonds. The van der Waals surface area contributed by atoms with Gasteiger partial charge < -0.3 is 14.6 Å². The molecule has 0 aliphatic heterocycles. The van der Waals surface area contributed by atoms with Crippen molar-refractivity contribution in [2.45, 2.75) is 71.1 Å². The summed E-state index contributed by atoms with van der Waals surface area (Å²) in [7, 11) is 0. The molecule has 0 aliphatic rings. The highest BCUT2D eigenvalue weighted by Gasteiger charge is 2.20. The number of carboxylic acid groups (broad SMARTS) is 1. The molecule has 0 aromatic heterocycles. The molecule has 180 valence electrons. The third-order valence-corrected chi connectivity index (χ3v) is 5.40. The second-order valence-corrected chi connectivity index (χ2v) is 8.09. The third kappa shape index (κ3) is 10.2. The molecule has 0 radical (unpaired) electrons. The zero-order valence-electron chi connectivity index (χ0n) is 19.8. The molecule has 0 fully saturated rings. The van der Waals surface area contributed by atoms with Gasteiger partial charge in [0.05, 0.1) is 0 Å². The van der Waals surface area contributed by atoms with E-state index >= 15 is 0 Å². The van der Waals surface area contributed by atoms with Crippen LogP contribution in [-0.4, -0.2) is 42.3 Å². The van der Waals surface area contributed by atoms with Crippen LogP contribution in [0, 0.1) is 0 Å². The lowest BCUT2D eigenvalue weighted by molar-refractivity contribution is -0.150. The van der Waals surface area contributed by atoms with Crippen molar-refractivity contribution in [3.63, 3.8) is 0 Å². The van der Waals surface area contributed by atoms with E-state index in [0.717, 1.165) is 37.7 Å². The van der Waals surface area contributed by atoms with Crippen molar-refractivity contribution in [2.75, 3.05) is 13.2 Å². The van der Waals surface area contributed by atoms with Gasteiger partial charge in [-0.2, -0.15) is 0 Å². The molecule has 0 heterocycles. The molecular formula is C27H37NO5. The fourth-order valence-electron chi connectivity index (χ4n) is 3.54. The smallest absolute Gasteiger partial charge is 0.333 e. The number of benzene rings is 2. The largest absolute Gasteiger partial charge is 0.479 e. The summed E-state index contributed by atoms with van der Waals surface area (Å²) in [5.41, 5.74) is 2.04. The number of unbranched alkanes of at least 4 members (excludes halogenated alkanes) is 3. The molecule has 1 unspecified atom stereocenters. The second kappa shape index (κ2) is 15.2. The van der Waals surface area contributed by atoms with Gasteiger partial charge in [-0.05, 0) is 43.0 Å². The summed E-state index contributed by atoms with van der Waals surface area (Å²) in [6, 6.07) is 17.3. The molecule has 2 rings (SSSR count). The quantitative estimate of drug-likeness (QED) is 0.263. The maximum absolute atomic E-state index is 12.8. The van der Waals surface area contributed by atoms with Gasteiger partial charge in [0.25, 0.3) is 0 Å². The number of rotatable bonds is 17. The monoisotopic (exact) mass is 455 g/mol. The van der Waals surface area contributed by atoms with Crippen molar-refractivity contribution < 1.29 is 24.2 Å². The molecule has 2 N–H and O–H groups in total. The maximum Gasteiger partial charge on any atom is 0.333 e. The van der Waals surface area contributed by atoms with E-state index in [0.29, 0.717) is 25.3 Å². The van der Waals surface area contributed by atoms with Crippen molar-refractivity contribution in [2.24, 2.45) is 0 Å². The van der Waals surface area contributed by atoms with Crippen LogP contribution in [0.4, 0.5) is 0 Å². The normalized spacial score (nSPS) is 12.8. The third-order valence-electron chi connectivity index (χ3n) is 5.40. The summed E-state index contributed by atoms with van der Waals surface area (Å²) in [5, 5.41) is 12.5. The average Bonchev–Trinajstić information content (AvgIpc) is 2.82. The van der Waals surface area contributed by atoms with E-state index in [2.05, 4.69) is 24.4 Å². The SMILES string of the molecule is CCCCCCC(=O)C(NCCc1ccccc1)Oc1ccc(C[C@H](OCC)C(=O)O)cc1. The molecule has 0 bridgehead atoms. The summed E-state index contributed by atoms with van der Waals surface area (Å²) in [6.07, 6.45) is 4.13. The first kappa shape index (κ1) is 26.6. The summed E-state index contributed by atoms with van der Waals surface area (Å²) < 4.78 is 11.3. The van der Waals surface area contributed by atoms with Crippen LogP contribution in [0.15, 0.2) is 54.6 Å². The number of ketones is 1. The number of ether oxygens (including phenoxy) is 2. The summed E-state index contributed by atoms with van der Waals surface area (Å²) >= 11 is 0. The van der Waals surface area contributed by atoms with Gasteiger partial charge in [-0.15, -0.1) is 0 Å². The molecule has 0 spiro atoms. The summed E-state index contributed by atoms with van der Waals surface area (Å²) in [5.74, 6) is -0.361. The highest BCUT2D eigenvalue weighted by atomic mass is 16.5. The van der Waals surface area contributed by atoms with Crippen LogP contribution in [0.5, 0.6) is 5.75 Å². The van der Waals surface area contributed by atoms with E-state index in [1.807, 2.05) is 30.3 Å². The van der Waals surface area contributed by atoms with Crippen LogP contribution in [0.2, 0.25) is 0 Å². The van der Waals surface area contributed by atoms with Crippen molar-refractivity contribution in [1.82, 2.24) is 5.32 Å². The van der Waals surface area contributed by atoms with Crippen LogP contribution in [0.1, 0.15) is 57.1 Å². The minimum Gasteiger partial charge on any atom is -0.479 e. The fraction of sp³-hybridized carbons (Fsp3) is 0.481. The number of hydrogen-bond donors (Lipinski definition) is 2. The summed E-state index contributed by atoms with van der Waals surface area (Å²) in [4.78, 5) is 24.2. The Labute approximate surface area is 197 Å². The lowest BCUT2D eigenvalue weighted by atomic mass is 10.1. The van der Waals surface area contributed by atoms with Crippen LogP contribution in [-0.2, 0) is 27.2 Å². The van der Waals surface area contributed by atoms with Crippen LogP contribution in [0.25, 0.3) is 0 Å². The lowest BCUT2D eigenvalue weighted by Crippen LogP contribution is -2.42. The van der Waals surface area contributed by atoms with Gasteiger partial charge in [-0.25, -0.2) is 4.79 Å². The van der Waals surface area contributed by atoms with Gasteiger partial charge in [0.1, 0.15) is 5.75 Å². The van der Waals surface area contributed by atoms with Crippen molar-refractivity contribution >= 4 is 11.8 Å². The van der Waals surface area contributed by atoms with E-state index in [1.165, 1.54) is 5.56 Å². The standard InChI is InChI=1S/C27H37NO5/c1-3-5-6-10-13-24(29)26(28-19-18-21-11-8-7-9-12-21)33-23-16-14-22(15-17-23)20-25(27(30)31)32-4-2/h7-9,11-12,14-17,25-26,28H,3-6,10,13,18-20H2,1-2H3,(H,30,31)/t25-,26?/m0/s1. The van der Waals surface area contributed by atoms with E-state index in [1.54, 1.807) is 19.1 Å². The second-order valence-electron chi connectivity index (χ2n) is 8.09. The highest BCUT2D eigenvalue weighted by molar-refractivity contribution is 5.83. The van der Waals surface area contributed by atoms with E-state index < -0.39 is 18.3 Å². The molecule has 2 aromatic rings. The molecule has 0 aliphatic carbocycles. The Morgan fingerprint density at radius 3 is 2.30 bits per heavy atom. The van der Waals surface area contributed by atoms with E-state index in [-0.39, 0.29) is 12.2 Å². The van der Waals surface area contributed by atoms with Crippen molar-refractivity contribution in [1.29, 1.82) is 0 Å². The number of carbonyl (C=O) groups excluding carboxylic acids is 1. The Morgan fingerprint density at radius 1 is 0.939 bits per heavy atom. The lowest BCUT2D eigenvalue weighted by Gasteiger charge is -2.20. The molecule has 6 heteroatoms.